The highest BCUT2D eigenvalue weighted by atomic mass is 19.1. The SMILES string of the molecule is O=C(c1cnn2c1CCC2)N1C2CCC1CC(O)(Cc1ccc(F)cc1F)C2. The smallest absolute Gasteiger partial charge is 0.257 e. The first kappa shape index (κ1) is 17.8. The van der Waals surface area contributed by atoms with Crippen molar-refractivity contribution >= 4 is 5.91 Å². The maximum Gasteiger partial charge on any atom is 0.257 e. The Bertz CT molecular complexity index is 928. The van der Waals surface area contributed by atoms with E-state index < -0.39 is 17.2 Å². The summed E-state index contributed by atoms with van der Waals surface area (Å²) in [6.07, 6.45) is 6.20. The zero-order valence-electron chi connectivity index (χ0n) is 15.6. The van der Waals surface area contributed by atoms with Gasteiger partial charge < -0.3 is 10.0 Å². The molecule has 1 aromatic heterocycles. The summed E-state index contributed by atoms with van der Waals surface area (Å²) >= 11 is 0. The topological polar surface area (TPSA) is 58.4 Å². The van der Waals surface area contributed by atoms with Gasteiger partial charge in [-0.1, -0.05) is 6.07 Å². The van der Waals surface area contributed by atoms with Crippen molar-refractivity contribution in [2.24, 2.45) is 0 Å². The van der Waals surface area contributed by atoms with Crippen molar-refractivity contribution in [1.82, 2.24) is 14.7 Å². The van der Waals surface area contributed by atoms with E-state index in [1.807, 2.05) is 9.58 Å². The van der Waals surface area contributed by atoms with Gasteiger partial charge in [0, 0.05) is 31.1 Å². The van der Waals surface area contributed by atoms with Gasteiger partial charge in [-0.2, -0.15) is 5.10 Å². The number of fused-ring (bicyclic) bond motifs is 3. The second kappa shape index (κ2) is 6.37. The van der Waals surface area contributed by atoms with E-state index in [4.69, 9.17) is 0 Å². The maximum atomic E-state index is 14.1. The fourth-order valence-electron chi connectivity index (χ4n) is 5.40. The quantitative estimate of drug-likeness (QED) is 0.881. The van der Waals surface area contributed by atoms with E-state index in [2.05, 4.69) is 5.10 Å². The van der Waals surface area contributed by atoms with E-state index >= 15 is 0 Å². The predicted molar refractivity (Wildman–Crippen MR) is 97.8 cm³/mol. The fraction of sp³-hybridized carbons (Fsp3) is 0.524. The number of nitrogens with zero attached hydrogens (tertiary/aromatic N) is 3. The van der Waals surface area contributed by atoms with Gasteiger partial charge in [0.2, 0.25) is 0 Å². The first-order chi connectivity index (χ1) is 13.4. The zero-order valence-corrected chi connectivity index (χ0v) is 15.6. The molecular formula is C21H23F2N3O2. The molecule has 2 fully saturated rings. The summed E-state index contributed by atoms with van der Waals surface area (Å²) in [5.41, 5.74) is 0.933. The zero-order chi connectivity index (χ0) is 19.5. The van der Waals surface area contributed by atoms with Crippen molar-refractivity contribution in [2.45, 2.75) is 69.2 Å². The van der Waals surface area contributed by atoms with Crippen molar-refractivity contribution in [2.75, 3.05) is 0 Å². The molecule has 28 heavy (non-hydrogen) atoms. The summed E-state index contributed by atoms with van der Waals surface area (Å²) in [4.78, 5) is 15.2. The molecule has 3 aliphatic heterocycles. The molecule has 1 amide bonds. The summed E-state index contributed by atoms with van der Waals surface area (Å²) in [7, 11) is 0. The van der Waals surface area contributed by atoms with E-state index in [1.54, 1.807) is 6.20 Å². The first-order valence-corrected chi connectivity index (χ1v) is 9.97. The number of halogens is 2. The summed E-state index contributed by atoms with van der Waals surface area (Å²) in [6, 6.07) is 3.36. The maximum absolute atomic E-state index is 14.1. The molecule has 0 radical (unpaired) electrons. The third-order valence-electron chi connectivity index (χ3n) is 6.58. The molecule has 1 aromatic carbocycles. The van der Waals surface area contributed by atoms with Crippen LogP contribution in [0.3, 0.4) is 0 Å². The second-order valence-electron chi connectivity index (χ2n) is 8.47. The average Bonchev–Trinajstić information content (AvgIpc) is 3.31. The average molecular weight is 387 g/mol. The van der Waals surface area contributed by atoms with Crippen molar-refractivity contribution < 1.29 is 18.7 Å². The van der Waals surface area contributed by atoms with Gasteiger partial charge in [0.1, 0.15) is 11.6 Å². The molecule has 2 saturated heterocycles. The monoisotopic (exact) mass is 387 g/mol. The summed E-state index contributed by atoms with van der Waals surface area (Å²) in [6.45, 7) is 0.860. The number of hydrogen-bond donors (Lipinski definition) is 1. The molecule has 0 saturated carbocycles. The number of carbonyl (C=O) groups is 1. The molecule has 148 valence electrons. The van der Waals surface area contributed by atoms with Gasteiger partial charge in [0.15, 0.2) is 0 Å². The van der Waals surface area contributed by atoms with Gasteiger partial charge in [0.25, 0.3) is 5.91 Å². The van der Waals surface area contributed by atoms with Crippen LogP contribution in [0.4, 0.5) is 8.78 Å². The molecule has 5 nitrogen and oxygen atoms in total. The van der Waals surface area contributed by atoms with Crippen LogP contribution in [0.5, 0.6) is 0 Å². The highest BCUT2D eigenvalue weighted by Crippen LogP contribution is 2.43. The molecule has 4 heterocycles. The number of benzene rings is 1. The number of aliphatic hydroxyl groups is 1. The Morgan fingerprint density at radius 3 is 2.71 bits per heavy atom. The van der Waals surface area contributed by atoms with Crippen LogP contribution < -0.4 is 0 Å². The second-order valence-corrected chi connectivity index (χ2v) is 8.47. The Labute approximate surface area is 162 Å². The van der Waals surface area contributed by atoms with E-state index in [1.165, 1.54) is 12.1 Å². The normalized spacial score (nSPS) is 28.6. The molecule has 3 aliphatic rings. The van der Waals surface area contributed by atoms with Crippen molar-refractivity contribution in [1.29, 1.82) is 0 Å². The Hall–Kier alpha value is -2.28. The molecule has 2 bridgehead atoms. The van der Waals surface area contributed by atoms with Crippen LogP contribution in [-0.4, -0.2) is 43.4 Å². The molecule has 0 aliphatic carbocycles. The van der Waals surface area contributed by atoms with Crippen LogP contribution in [0.15, 0.2) is 24.4 Å². The lowest BCUT2D eigenvalue weighted by molar-refractivity contribution is -0.0432. The summed E-state index contributed by atoms with van der Waals surface area (Å²) in [5, 5.41) is 15.5. The fourth-order valence-corrected chi connectivity index (χ4v) is 5.40. The largest absolute Gasteiger partial charge is 0.389 e. The number of aryl methyl sites for hydroxylation is 1. The minimum absolute atomic E-state index is 0.00524. The first-order valence-electron chi connectivity index (χ1n) is 9.97. The summed E-state index contributed by atoms with van der Waals surface area (Å²) in [5.74, 6) is -1.25. The van der Waals surface area contributed by atoms with Crippen LogP contribution in [0, 0.1) is 11.6 Å². The lowest BCUT2D eigenvalue weighted by atomic mass is 9.81. The Kier molecular flexibility index (Phi) is 4.05. The third-order valence-corrected chi connectivity index (χ3v) is 6.58. The number of piperidine rings is 1. The minimum atomic E-state index is -1.08. The Balaban J connectivity index is 1.36. The molecule has 2 atom stereocenters. The third kappa shape index (κ3) is 2.83. The van der Waals surface area contributed by atoms with Gasteiger partial charge in [-0.05, 0) is 50.2 Å². The number of amides is 1. The number of hydrogen-bond acceptors (Lipinski definition) is 3. The highest BCUT2D eigenvalue weighted by molar-refractivity contribution is 5.96. The van der Waals surface area contributed by atoms with Crippen LogP contribution in [0.1, 0.15) is 53.7 Å². The Morgan fingerprint density at radius 1 is 1.25 bits per heavy atom. The van der Waals surface area contributed by atoms with Gasteiger partial charge >= 0.3 is 0 Å². The van der Waals surface area contributed by atoms with Crippen molar-refractivity contribution in [3.05, 3.63) is 52.9 Å². The standard InChI is InChI=1S/C21H23F2N3O2/c22-14-4-3-13(18(23)8-14)9-21(28)10-15-5-6-16(11-21)26(15)20(27)17-12-24-25-7-1-2-19(17)25/h3-4,8,12,15-16,28H,1-2,5-7,9-11H2. The van der Waals surface area contributed by atoms with E-state index in [-0.39, 0.29) is 24.4 Å². The van der Waals surface area contributed by atoms with Gasteiger partial charge in [-0.3, -0.25) is 9.48 Å². The lowest BCUT2D eigenvalue weighted by Crippen LogP contribution is -2.54. The number of aromatic nitrogens is 2. The van der Waals surface area contributed by atoms with E-state index in [0.717, 1.165) is 44.0 Å². The molecule has 1 N–H and O–H groups in total. The van der Waals surface area contributed by atoms with E-state index in [9.17, 15) is 18.7 Å². The van der Waals surface area contributed by atoms with Crippen LogP contribution in [0.25, 0.3) is 0 Å². The van der Waals surface area contributed by atoms with Crippen molar-refractivity contribution in [3.8, 4) is 0 Å². The Morgan fingerprint density at radius 2 is 2.00 bits per heavy atom. The predicted octanol–water partition coefficient (Wildman–Crippen LogP) is 2.85. The van der Waals surface area contributed by atoms with Crippen LogP contribution >= 0.6 is 0 Å². The number of carbonyl (C=O) groups excluding carboxylic acids is 1. The molecule has 0 spiro atoms. The van der Waals surface area contributed by atoms with E-state index in [0.29, 0.717) is 24.0 Å². The molecule has 2 aromatic rings. The summed E-state index contributed by atoms with van der Waals surface area (Å²) < 4.78 is 29.2. The van der Waals surface area contributed by atoms with Gasteiger partial charge in [0.05, 0.1) is 23.1 Å². The van der Waals surface area contributed by atoms with Gasteiger partial charge in [-0.15, -0.1) is 0 Å². The minimum Gasteiger partial charge on any atom is -0.389 e. The highest BCUT2D eigenvalue weighted by Gasteiger charge is 2.50. The van der Waals surface area contributed by atoms with Crippen LogP contribution in [-0.2, 0) is 19.4 Å². The molecule has 2 unspecified atom stereocenters. The molecule has 7 heteroatoms. The van der Waals surface area contributed by atoms with Crippen molar-refractivity contribution in [3.63, 3.8) is 0 Å². The van der Waals surface area contributed by atoms with Gasteiger partial charge in [-0.25, -0.2) is 8.78 Å². The lowest BCUT2D eigenvalue weighted by Gasteiger charge is -2.44. The number of rotatable bonds is 3. The molecular weight excluding hydrogens is 364 g/mol. The molecule has 5 rings (SSSR count). The van der Waals surface area contributed by atoms with Crippen LogP contribution in [0.2, 0.25) is 0 Å².